The summed E-state index contributed by atoms with van der Waals surface area (Å²) in [7, 11) is 2.20. The number of nitrogens with two attached hydrogens (primary N) is 1. The fourth-order valence-corrected chi connectivity index (χ4v) is 3.08. The van der Waals surface area contributed by atoms with E-state index in [1.165, 1.54) is 5.56 Å². The molecule has 0 bridgehead atoms. The summed E-state index contributed by atoms with van der Waals surface area (Å²) in [5, 5.41) is 0. The first kappa shape index (κ1) is 15.5. The standard InChI is InChI=1S/C17H28N2O/c1-14(2)16-11-17(13-18,9-10-20-16)19(3)12-15-7-5-4-6-8-15/h4-8,14,16H,9-13,18H2,1-3H3. The molecule has 2 rings (SSSR count). The van der Waals surface area contributed by atoms with Crippen molar-refractivity contribution in [2.75, 3.05) is 20.2 Å². The predicted octanol–water partition coefficient (Wildman–Crippen LogP) is 2.65. The van der Waals surface area contributed by atoms with Gasteiger partial charge in [-0.3, -0.25) is 4.90 Å². The van der Waals surface area contributed by atoms with Gasteiger partial charge in [0.2, 0.25) is 0 Å². The Labute approximate surface area is 123 Å². The topological polar surface area (TPSA) is 38.5 Å². The molecule has 3 nitrogen and oxygen atoms in total. The van der Waals surface area contributed by atoms with E-state index in [0.717, 1.165) is 26.0 Å². The molecule has 0 radical (unpaired) electrons. The maximum atomic E-state index is 6.16. The summed E-state index contributed by atoms with van der Waals surface area (Å²) < 4.78 is 5.91. The lowest BCUT2D eigenvalue weighted by atomic mass is 9.82. The molecule has 1 aromatic carbocycles. The van der Waals surface area contributed by atoms with E-state index in [9.17, 15) is 0 Å². The zero-order valence-electron chi connectivity index (χ0n) is 13.0. The molecule has 1 aromatic rings. The molecule has 2 N–H and O–H groups in total. The van der Waals surface area contributed by atoms with Crippen molar-refractivity contribution in [1.29, 1.82) is 0 Å². The van der Waals surface area contributed by atoms with Crippen LogP contribution in [0.4, 0.5) is 0 Å². The van der Waals surface area contributed by atoms with Gasteiger partial charge in [-0.05, 0) is 31.4 Å². The van der Waals surface area contributed by atoms with E-state index in [-0.39, 0.29) is 5.54 Å². The van der Waals surface area contributed by atoms with E-state index >= 15 is 0 Å². The number of hydrogen-bond donors (Lipinski definition) is 1. The van der Waals surface area contributed by atoms with Crippen molar-refractivity contribution in [3.05, 3.63) is 35.9 Å². The highest BCUT2D eigenvalue weighted by Crippen LogP contribution is 2.33. The summed E-state index contributed by atoms with van der Waals surface area (Å²) in [6.07, 6.45) is 2.38. The predicted molar refractivity (Wildman–Crippen MR) is 83.5 cm³/mol. The summed E-state index contributed by atoms with van der Waals surface area (Å²) in [6.45, 7) is 6.92. The van der Waals surface area contributed by atoms with Gasteiger partial charge in [0.1, 0.15) is 0 Å². The Bertz CT molecular complexity index is 407. The van der Waals surface area contributed by atoms with Crippen molar-refractivity contribution >= 4 is 0 Å². The van der Waals surface area contributed by atoms with Crippen LogP contribution in [0.15, 0.2) is 30.3 Å². The molecular formula is C17H28N2O. The smallest absolute Gasteiger partial charge is 0.0616 e. The minimum Gasteiger partial charge on any atom is -0.378 e. The Balaban J connectivity index is 2.09. The third-order valence-electron chi connectivity index (χ3n) is 4.68. The zero-order chi connectivity index (χ0) is 14.6. The fraction of sp³-hybridized carbons (Fsp3) is 0.647. The van der Waals surface area contributed by atoms with Crippen LogP contribution in [-0.2, 0) is 11.3 Å². The number of rotatable bonds is 5. The summed E-state index contributed by atoms with van der Waals surface area (Å²) >= 11 is 0. The lowest BCUT2D eigenvalue weighted by Gasteiger charge is -2.47. The molecule has 112 valence electrons. The first-order valence-corrected chi connectivity index (χ1v) is 7.64. The summed E-state index contributed by atoms with van der Waals surface area (Å²) in [6, 6.07) is 10.6. The van der Waals surface area contributed by atoms with Gasteiger partial charge in [-0.2, -0.15) is 0 Å². The highest BCUT2D eigenvalue weighted by atomic mass is 16.5. The second-order valence-corrected chi connectivity index (χ2v) is 6.38. The van der Waals surface area contributed by atoms with Crippen LogP contribution in [-0.4, -0.2) is 36.7 Å². The van der Waals surface area contributed by atoms with Crippen molar-refractivity contribution in [2.24, 2.45) is 11.7 Å². The molecule has 1 aliphatic rings. The van der Waals surface area contributed by atoms with Crippen molar-refractivity contribution in [3.8, 4) is 0 Å². The first-order chi connectivity index (χ1) is 9.57. The van der Waals surface area contributed by atoms with Crippen LogP contribution in [0.5, 0.6) is 0 Å². The SMILES string of the molecule is CC(C)C1CC(CN)(N(C)Cc2ccccc2)CCO1. The van der Waals surface area contributed by atoms with Gasteiger partial charge in [0.15, 0.2) is 0 Å². The third-order valence-corrected chi connectivity index (χ3v) is 4.68. The molecule has 3 heteroatoms. The van der Waals surface area contributed by atoms with E-state index in [4.69, 9.17) is 10.5 Å². The van der Waals surface area contributed by atoms with Crippen molar-refractivity contribution in [3.63, 3.8) is 0 Å². The molecule has 0 saturated carbocycles. The maximum absolute atomic E-state index is 6.16. The van der Waals surface area contributed by atoms with Gasteiger partial charge in [0.05, 0.1) is 6.10 Å². The summed E-state index contributed by atoms with van der Waals surface area (Å²) in [4.78, 5) is 2.43. The highest BCUT2D eigenvalue weighted by molar-refractivity contribution is 5.15. The maximum Gasteiger partial charge on any atom is 0.0616 e. The monoisotopic (exact) mass is 276 g/mol. The van der Waals surface area contributed by atoms with E-state index in [2.05, 4.69) is 56.1 Å². The quantitative estimate of drug-likeness (QED) is 0.898. The Morgan fingerprint density at radius 3 is 2.65 bits per heavy atom. The van der Waals surface area contributed by atoms with Gasteiger partial charge >= 0.3 is 0 Å². The number of likely N-dealkylation sites (N-methyl/N-ethyl adjacent to an activating group) is 1. The molecule has 2 atom stereocenters. The number of hydrogen-bond acceptors (Lipinski definition) is 3. The second kappa shape index (κ2) is 6.70. The average Bonchev–Trinajstić information content (AvgIpc) is 2.48. The molecule has 2 unspecified atom stereocenters. The molecule has 1 saturated heterocycles. The molecule has 1 fully saturated rings. The Morgan fingerprint density at radius 2 is 2.05 bits per heavy atom. The Kier molecular flexibility index (Phi) is 5.19. The molecule has 1 heterocycles. The van der Waals surface area contributed by atoms with Gasteiger partial charge in [-0.15, -0.1) is 0 Å². The van der Waals surface area contributed by atoms with E-state index in [1.54, 1.807) is 0 Å². The van der Waals surface area contributed by atoms with Gasteiger partial charge in [0, 0.05) is 25.2 Å². The van der Waals surface area contributed by atoms with Crippen LogP contribution in [0.25, 0.3) is 0 Å². The Morgan fingerprint density at radius 1 is 1.35 bits per heavy atom. The number of ether oxygens (including phenoxy) is 1. The van der Waals surface area contributed by atoms with E-state index in [0.29, 0.717) is 18.6 Å². The van der Waals surface area contributed by atoms with Crippen LogP contribution in [0.2, 0.25) is 0 Å². The van der Waals surface area contributed by atoms with Gasteiger partial charge in [0.25, 0.3) is 0 Å². The van der Waals surface area contributed by atoms with E-state index in [1.807, 2.05) is 0 Å². The van der Waals surface area contributed by atoms with Crippen LogP contribution in [0.1, 0.15) is 32.3 Å². The normalized spacial score (nSPS) is 27.2. The van der Waals surface area contributed by atoms with Crippen molar-refractivity contribution < 1.29 is 4.74 Å². The molecule has 0 aromatic heterocycles. The number of nitrogens with zero attached hydrogens (tertiary/aromatic N) is 1. The minimum absolute atomic E-state index is 0.0724. The number of benzene rings is 1. The molecule has 0 aliphatic carbocycles. The molecule has 1 aliphatic heterocycles. The lowest BCUT2D eigenvalue weighted by molar-refractivity contribution is -0.0834. The third kappa shape index (κ3) is 3.40. The molecule has 0 spiro atoms. The average molecular weight is 276 g/mol. The van der Waals surface area contributed by atoms with E-state index < -0.39 is 0 Å². The van der Waals surface area contributed by atoms with Crippen LogP contribution < -0.4 is 5.73 Å². The molecule has 0 amide bonds. The lowest BCUT2D eigenvalue weighted by Crippen LogP contribution is -2.57. The second-order valence-electron chi connectivity index (χ2n) is 6.38. The molecular weight excluding hydrogens is 248 g/mol. The van der Waals surface area contributed by atoms with Crippen molar-refractivity contribution in [1.82, 2.24) is 4.90 Å². The largest absolute Gasteiger partial charge is 0.378 e. The highest BCUT2D eigenvalue weighted by Gasteiger charge is 2.40. The minimum atomic E-state index is 0.0724. The van der Waals surface area contributed by atoms with Crippen LogP contribution in [0.3, 0.4) is 0 Å². The van der Waals surface area contributed by atoms with Crippen molar-refractivity contribution in [2.45, 2.75) is 44.9 Å². The van der Waals surface area contributed by atoms with Gasteiger partial charge in [-0.25, -0.2) is 0 Å². The van der Waals surface area contributed by atoms with Gasteiger partial charge < -0.3 is 10.5 Å². The fourth-order valence-electron chi connectivity index (χ4n) is 3.08. The van der Waals surface area contributed by atoms with Gasteiger partial charge in [-0.1, -0.05) is 44.2 Å². The first-order valence-electron chi connectivity index (χ1n) is 7.64. The Hall–Kier alpha value is -0.900. The zero-order valence-corrected chi connectivity index (χ0v) is 13.0. The van der Waals surface area contributed by atoms with Crippen LogP contribution in [0, 0.1) is 5.92 Å². The van der Waals surface area contributed by atoms with Crippen LogP contribution >= 0.6 is 0 Å². The summed E-state index contributed by atoms with van der Waals surface area (Å²) in [5.74, 6) is 0.548. The summed E-state index contributed by atoms with van der Waals surface area (Å²) in [5.41, 5.74) is 7.57. The molecule has 20 heavy (non-hydrogen) atoms.